The van der Waals surface area contributed by atoms with Gasteiger partial charge in [0.2, 0.25) is 0 Å². The van der Waals surface area contributed by atoms with E-state index < -0.39 is 0 Å². The molecule has 0 aromatic rings. The fraction of sp³-hybridized carbons (Fsp3) is 0.375. The van der Waals surface area contributed by atoms with E-state index in [-0.39, 0.29) is 11.7 Å². The first kappa shape index (κ1) is 5.71. The number of ketones is 1. The topological polar surface area (TPSA) is 26.3 Å². The number of ether oxygens (including phenoxy) is 1. The first-order valence-electron chi connectivity index (χ1n) is 3.43. The highest BCUT2D eigenvalue weighted by atomic mass is 16.5. The third-order valence-corrected chi connectivity index (χ3v) is 1.88. The minimum atomic E-state index is 0.0463. The molecule has 2 nitrogen and oxygen atoms in total. The van der Waals surface area contributed by atoms with Crippen molar-refractivity contribution in [3.8, 4) is 0 Å². The molecule has 1 heterocycles. The normalized spacial score (nSPS) is 29.4. The Morgan fingerprint density at radius 3 is 3.30 bits per heavy atom. The molecule has 0 radical (unpaired) electrons. The van der Waals surface area contributed by atoms with Crippen LogP contribution in [0.5, 0.6) is 0 Å². The van der Waals surface area contributed by atoms with Gasteiger partial charge in [0.05, 0.1) is 12.5 Å². The Bertz CT molecular complexity index is 225. The van der Waals surface area contributed by atoms with Crippen LogP contribution >= 0.6 is 0 Å². The van der Waals surface area contributed by atoms with Crippen molar-refractivity contribution in [3.05, 3.63) is 24.0 Å². The minimum Gasteiger partial charge on any atom is -0.497 e. The molecule has 2 rings (SSSR count). The quantitative estimate of drug-likeness (QED) is 0.497. The predicted molar refractivity (Wildman–Crippen MR) is 36.3 cm³/mol. The lowest BCUT2D eigenvalue weighted by Gasteiger charge is -2.07. The molecule has 10 heavy (non-hydrogen) atoms. The number of hydrogen-bond acceptors (Lipinski definition) is 2. The lowest BCUT2D eigenvalue weighted by Crippen LogP contribution is -2.12. The molecule has 0 spiro atoms. The maximum absolute atomic E-state index is 11.1. The van der Waals surface area contributed by atoms with Crippen LogP contribution in [0.25, 0.3) is 0 Å². The van der Waals surface area contributed by atoms with E-state index in [0.29, 0.717) is 6.61 Å². The molecule has 1 aliphatic heterocycles. The molecule has 52 valence electrons. The number of hydrogen-bond donors (Lipinski definition) is 0. The van der Waals surface area contributed by atoms with Crippen molar-refractivity contribution in [3.63, 3.8) is 0 Å². The molecule has 1 unspecified atom stereocenters. The molecule has 0 saturated carbocycles. The first-order valence-corrected chi connectivity index (χ1v) is 3.43. The molecule has 0 aromatic carbocycles. The van der Waals surface area contributed by atoms with Crippen LogP contribution in [0, 0.1) is 5.92 Å². The van der Waals surface area contributed by atoms with Gasteiger partial charge in [-0.2, -0.15) is 0 Å². The van der Waals surface area contributed by atoms with E-state index in [1.54, 1.807) is 12.2 Å². The zero-order chi connectivity index (χ0) is 6.97. The number of rotatable bonds is 0. The number of fused-ring (bicyclic) bond motifs is 1. The van der Waals surface area contributed by atoms with Crippen LogP contribution in [0.3, 0.4) is 0 Å². The summed E-state index contributed by atoms with van der Waals surface area (Å²) in [6, 6.07) is 0. The third-order valence-electron chi connectivity index (χ3n) is 1.88. The Morgan fingerprint density at radius 2 is 2.50 bits per heavy atom. The molecule has 2 heteroatoms. The summed E-state index contributed by atoms with van der Waals surface area (Å²) in [5.74, 6) is 1.09. The van der Waals surface area contributed by atoms with Gasteiger partial charge in [-0.05, 0) is 18.6 Å². The molecule has 0 N–H and O–H groups in total. The standard InChI is InChI=1S/C8H8O2/c9-7-2-1-3-8-6(7)4-5-10-8/h1-3,6H,4-5H2. The largest absolute Gasteiger partial charge is 0.497 e. The fourth-order valence-corrected chi connectivity index (χ4v) is 1.34. The van der Waals surface area contributed by atoms with Crippen LogP contribution in [0.2, 0.25) is 0 Å². The summed E-state index contributed by atoms with van der Waals surface area (Å²) in [6.07, 6.45) is 6.09. The second-order valence-electron chi connectivity index (χ2n) is 2.52. The van der Waals surface area contributed by atoms with E-state index in [1.807, 2.05) is 6.08 Å². The summed E-state index contributed by atoms with van der Waals surface area (Å²) in [5, 5.41) is 0. The van der Waals surface area contributed by atoms with Crippen molar-refractivity contribution < 1.29 is 9.53 Å². The van der Waals surface area contributed by atoms with Gasteiger partial charge in [-0.1, -0.05) is 6.08 Å². The second-order valence-corrected chi connectivity index (χ2v) is 2.52. The molecule has 1 fully saturated rings. The van der Waals surface area contributed by atoms with Crippen molar-refractivity contribution in [1.29, 1.82) is 0 Å². The lowest BCUT2D eigenvalue weighted by atomic mass is 9.96. The van der Waals surface area contributed by atoms with Crippen LogP contribution in [0.15, 0.2) is 24.0 Å². The average Bonchev–Trinajstić information content (AvgIpc) is 2.36. The Labute approximate surface area is 59.2 Å². The van der Waals surface area contributed by atoms with Gasteiger partial charge in [0, 0.05) is 0 Å². The van der Waals surface area contributed by atoms with Crippen LogP contribution in [-0.2, 0) is 9.53 Å². The van der Waals surface area contributed by atoms with Crippen molar-refractivity contribution in [1.82, 2.24) is 0 Å². The van der Waals surface area contributed by atoms with Crippen LogP contribution in [0.4, 0.5) is 0 Å². The van der Waals surface area contributed by atoms with Crippen LogP contribution in [0.1, 0.15) is 6.42 Å². The molecular weight excluding hydrogens is 128 g/mol. The lowest BCUT2D eigenvalue weighted by molar-refractivity contribution is -0.117. The number of allylic oxidation sites excluding steroid dienone is 4. The second kappa shape index (κ2) is 1.97. The van der Waals surface area contributed by atoms with Gasteiger partial charge in [0.25, 0.3) is 0 Å². The molecule has 2 aliphatic rings. The maximum atomic E-state index is 11.1. The maximum Gasteiger partial charge on any atom is 0.166 e. The van der Waals surface area contributed by atoms with Gasteiger partial charge in [0.15, 0.2) is 5.78 Å². The summed E-state index contributed by atoms with van der Waals surface area (Å²) < 4.78 is 5.22. The monoisotopic (exact) mass is 136 g/mol. The Morgan fingerprint density at radius 1 is 1.60 bits per heavy atom. The smallest absolute Gasteiger partial charge is 0.166 e. The van der Waals surface area contributed by atoms with Crippen LogP contribution in [-0.4, -0.2) is 12.4 Å². The average molecular weight is 136 g/mol. The van der Waals surface area contributed by atoms with Gasteiger partial charge in [-0.25, -0.2) is 0 Å². The highest BCUT2D eigenvalue weighted by Crippen LogP contribution is 2.27. The summed E-state index contributed by atoms with van der Waals surface area (Å²) in [5.41, 5.74) is 0. The van der Waals surface area contributed by atoms with Crippen molar-refractivity contribution >= 4 is 5.78 Å². The number of carbonyl (C=O) groups excluding carboxylic acids is 1. The fourth-order valence-electron chi connectivity index (χ4n) is 1.34. The molecule has 0 amide bonds. The molecule has 0 bridgehead atoms. The Hall–Kier alpha value is -1.05. The molecule has 1 aliphatic carbocycles. The number of carbonyl (C=O) groups is 1. The highest BCUT2D eigenvalue weighted by Gasteiger charge is 2.28. The predicted octanol–water partition coefficient (Wildman–Crippen LogP) is 1.05. The van der Waals surface area contributed by atoms with Crippen molar-refractivity contribution in [2.45, 2.75) is 6.42 Å². The molecule has 1 atom stereocenters. The molecule has 1 saturated heterocycles. The van der Waals surface area contributed by atoms with E-state index in [1.165, 1.54) is 0 Å². The van der Waals surface area contributed by atoms with E-state index in [4.69, 9.17) is 4.74 Å². The third kappa shape index (κ3) is 0.685. The Balaban J connectivity index is 2.33. The van der Waals surface area contributed by atoms with Gasteiger partial charge in [-0.3, -0.25) is 4.79 Å². The zero-order valence-corrected chi connectivity index (χ0v) is 5.54. The first-order chi connectivity index (χ1) is 4.88. The highest BCUT2D eigenvalue weighted by molar-refractivity contribution is 5.95. The van der Waals surface area contributed by atoms with E-state index in [9.17, 15) is 4.79 Å². The van der Waals surface area contributed by atoms with Gasteiger partial charge in [-0.15, -0.1) is 0 Å². The summed E-state index contributed by atoms with van der Waals surface area (Å²) in [7, 11) is 0. The summed E-state index contributed by atoms with van der Waals surface area (Å²) in [6.45, 7) is 0.698. The SMILES string of the molecule is O=C1C=CC=C2OCCC12. The van der Waals surface area contributed by atoms with Crippen molar-refractivity contribution in [2.24, 2.45) is 5.92 Å². The van der Waals surface area contributed by atoms with E-state index in [2.05, 4.69) is 0 Å². The van der Waals surface area contributed by atoms with Crippen LogP contribution < -0.4 is 0 Å². The van der Waals surface area contributed by atoms with Gasteiger partial charge in [0.1, 0.15) is 5.76 Å². The van der Waals surface area contributed by atoms with Crippen molar-refractivity contribution in [2.75, 3.05) is 6.61 Å². The minimum absolute atomic E-state index is 0.0463. The Kier molecular flexibility index (Phi) is 1.13. The summed E-state index contributed by atoms with van der Waals surface area (Å²) in [4.78, 5) is 11.1. The molecule has 0 aromatic heterocycles. The zero-order valence-electron chi connectivity index (χ0n) is 5.54. The summed E-state index contributed by atoms with van der Waals surface area (Å²) >= 11 is 0. The molecular formula is C8H8O2. The van der Waals surface area contributed by atoms with E-state index in [0.717, 1.165) is 12.2 Å². The van der Waals surface area contributed by atoms with E-state index >= 15 is 0 Å². The van der Waals surface area contributed by atoms with Gasteiger partial charge < -0.3 is 4.74 Å². The van der Waals surface area contributed by atoms with Gasteiger partial charge >= 0.3 is 0 Å².